The summed E-state index contributed by atoms with van der Waals surface area (Å²) in [5.74, 6) is 0.386. The summed E-state index contributed by atoms with van der Waals surface area (Å²) < 4.78 is 25.1. The van der Waals surface area contributed by atoms with Crippen molar-refractivity contribution in [2.45, 2.75) is 22.8 Å². The monoisotopic (exact) mass is 393 g/mol. The number of amides is 1. The molecule has 6 nitrogen and oxygen atoms in total. The number of nitrogens with one attached hydrogen (secondary N) is 1. The summed E-state index contributed by atoms with van der Waals surface area (Å²) in [6, 6.07) is 13.1. The fraction of sp³-hybridized carbons (Fsp3) is 0.333. The molecule has 2 aromatic rings. The molecule has 0 fully saturated rings. The molecular weight excluding hydrogens is 370 g/mol. The fourth-order valence-corrected chi connectivity index (χ4v) is 3.69. The molecule has 1 aromatic carbocycles. The third-order valence-corrected chi connectivity index (χ3v) is 6.56. The van der Waals surface area contributed by atoms with Crippen LogP contribution in [0.1, 0.15) is 18.4 Å². The number of rotatable bonds is 8. The molecule has 0 bridgehead atoms. The highest BCUT2D eigenvalue weighted by Crippen LogP contribution is 2.19. The Morgan fingerprint density at radius 3 is 2.46 bits per heavy atom. The zero-order chi connectivity index (χ0) is 19.2. The summed E-state index contributed by atoms with van der Waals surface area (Å²) in [6.45, 7) is 2.63. The molecule has 2 rings (SSSR count). The summed E-state index contributed by atoms with van der Waals surface area (Å²) in [7, 11) is -0.545. The molecule has 0 radical (unpaired) electrons. The van der Waals surface area contributed by atoms with E-state index in [-0.39, 0.29) is 22.5 Å². The summed E-state index contributed by atoms with van der Waals surface area (Å²) in [6.07, 6.45) is 1.31. The molecule has 26 heavy (non-hydrogen) atoms. The topological polar surface area (TPSA) is 79.4 Å². The van der Waals surface area contributed by atoms with Crippen molar-refractivity contribution in [3.05, 3.63) is 54.2 Å². The first kappa shape index (κ1) is 20.4. The molecule has 0 aliphatic rings. The Morgan fingerprint density at radius 1 is 1.19 bits per heavy atom. The van der Waals surface area contributed by atoms with Crippen LogP contribution in [0, 0.1) is 0 Å². The molecule has 0 saturated carbocycles. The van der Waals surface area contributed by atoms with Crippen molar-refractivity contribution < 1.29 is 13.2 Å². The van der Waals surface area contributed by atoms with Gasteiger partial charge in [0.1, 0.15) is 4.90 Å². The highest BCUT2D eigenvalue weighted by Gasteiger charge is 2.17. The van der Waals surface area contributed by atoms with E-state index in [1.807, 2.05) is 30.3 Å². The van der Waals surface area contributed by atoms with Gasteiger partial charge in [0.25, 0.3) is 0 Å². The zero-order valence-electron chi connectivity index (χ0n) is 15.0. The fourth-order valence-electron chi connectivity index (χ4n) is 2.17. The maximum absolute atomic E-state index is 12.0. The lowest BCUT2D eigenvalue weighted by molar-refractivity contribution is -0.118. The minimum Gasteiger partial charge on any atom is -0.355 e. The van der Waals surface area contributed by atoms with Crippen LogP contribution in [0.2, 0.25) is 0 Å². The van der Waals surface area contributed by atoms with Crippen LogP contribution in [0.15, 0.2) is 58.6 Å². The molecule has 1 N–H and O–H groups in total. The molecule has 1 aromatic heterocycles. The van der Waals surface area contributed by atoms with Crippen LogP contribution in [0.4, 0.5) is 0 Å². The van der Waals surface area contributed by atoms with Gasteiger partial charge in [-0.05, 0) is 23.6 Å². The zero-order valence-corrected chi connectivity index (χ0v) is 16.7. The number of carbonyl (C=O) groups is 1. The first-order valence-electron chi connectivity index (χ1n) is 8.13. The Labute approximate surface area is 159 Å². The van der Waals surface area contributed by atoms with Gasteiger partial charge in [0.05, 0.1) is 10.8 Å². The number of pyridine rings is 1. The van der Waals surface area contributed by atoms with Gasteiger partial charge in [0, 0.05) is 26.8 Å². The van der Waals surface area contributed by atoms with Gasteiger partial charge in [-0.2, -0.15) is 0 Å². The van der Waals surface area contributed by atoms with Gasteiger partial charge >= 0.3 is 0 Å². The van der Waals surface area contributed by atoms with Crippen LogP contribution in [-0.4, -0.2) is 50.0 Å². The van der Waals surface area contributed by atoms with Crippen LogP contribution in [0.3, 0.4) is 0 Å². The number of aromatic nitrogens is 1. The number of thioether (sulfide) groups is 1. The number of hydrogen-bond donors (Lipinski definition) is 1. The van der Waals surface area contributed by atoms with E-state index in [0.717, 1.165) is 4.31 Å². The Morgan fingerprint density at radius 2 is 1.88 bits per heavy atom. The number of benzene rings is 1. The third-order valence-electron chi connectivity index (χ3n) is 3.81. The third kappa shape index (κ3) is 5.55. The highest BCUT2D eigenvalue weighted by molar-refractivity contribution is 7.99. The predicted octanol–water partition coefficient (Wildman–Crippen LogP) is 2.34. The number of hydrogen-bond acceptors (Lipinski definition) is 5. The van der Waals surface area contributed by atoms with Crippen LogP contribution in [0.5, 0.6) is 0 Å². The van der Waals surface area contributed by atoms with Crippen LogP contribution >= 0.6 is 11.8 Å². The summed E-state index contributed by atoms with van der Waals surface area (Å²) in [5, 5.41) is 3.52. The molecule has 0 unspecified atom stereocenters. The summed E-state index contributed by atoms with van der Waals surface area (Å²) in [5.41, 5.74) is 1.18. The lowest BCUT2D eigenvalue weighted by atomic mass is 10.0. The van der Waals surface area contributed by atoms with Crippen molar-refractivity contribution in [1.29, 1.82) is 0 Å². The van der Waals surface area contributed by atoms with Crippen molar-refractivity contribution >= 4 is 27.7 Å². The van der Waals surface area contributed by atoms with Crippen molar-refractivity contribution in [2.24, 2.45) is 0 Å². The van der Waals surface area contributed by atoms with Gasteiger partial charge in [0.2, 0.25) is 15.9 Å². The Kier molecular flexibility index (Phi) is 7.19. The Balaban J connectivity index is 1.82. The van der Waals surface area contributed by atoms with Crippen molar-refractivity contribution in [3.63, 3.8) is 0 Å². The van der Waals surface area contributed by atoms with Gasteiger partial charge in [-0.3, -0.25) is 4.79 Å². The lowest BCUT2D eigenvalue weighted by Crippen LogP contribution is -2.29. The van der Waals surface area contributed by atoms with E-state index in [1.165, 1.54) is 43.7 Å². The van der Waals surface area contributed by atoms with Gasteiger partial charge in [0.15, 0.2) is 0 Å². The van der Waals surface area contributed by atoms with E-state index in [0.29, 0.717) is 11.6 Å². The van der Waals surface area contributed by atoms with Gasteiger partial charge in [-0.1, -0.05) is 49.0 Å². The molecule has 0 spiro atoms. The quantitative estimate of drug-likeness (QED) is 0.697. The minimum absolute atomic E-state index is 0.0791. The number of sulfonamides is 1. The minimum atomic E-state index is -3.49. The van der Waals surface area contributed by atoms with Crippen molar-refractivity contribution in [1.82, 2.24) is 14.6 Å². The van der Waals surface area contributed by atoms with E-state index in [1.54, 1.807) is 6.07 Å². The predicted molar refractivity (Wildman–Crippen MR) is 104 cm³/mol. The highest BCUT2D eigenvalue weighted by atomic mass is 32.2. The van der Waals surface area contributed by atoms with Gasteiger partial charge in [-0.15, -0.1) is 0 Å². The Hall–Kier alpha value is -1.90. The average molecular weight is 394 g/mol. The van der Waals surface area contributed by atoms with E-state index < -0.39 is 10.0 Å². The van der Waals surface area contributed by atoms with Gasteiger partial charge < -0.3 is 5.32 Å². The molecule has 0 aliphatic heterocycles. The SMILES string of the molecule is C[C@@H](CNC(=O)CSc1ccc(S(=O)(=O)N(C)C)cn1)c1ccccc1. The maximum atomic E-state index is 12.0. The Bertz CT molecular complexity index is 823. The molecule has 8 heteroatoms. The second-order valence-corrected chi connectivity index (χ2v) is 9.17. The molecule has 0 saturated heterocycles. The maximum Gasteiger partial charge on any atom is 0.244 e. The molecular formula is C18H23N3O3S2. The lowest BCUT2D eigenvalue weighted by Gasteiger charge is -2.13. The summed E-state index contributed by atoms with van der Waals surface area (Å²) in [4.78, 5) is 16.3. The number of nitrogens with zero attached hydrogens (tertiary/aromatic N) is 2. The van der Waals surface area contributed by atoms with E-state index in [2.05, 4.69) is 17.2 Å². The summed E-state index contributed by atoms with van der Waals surface area (Å²) >= 11 is 1.27. The molecule has 0 aliphatic carbocycles. The average Bonchev–Trinajstić information content (AvgIpc) is 2.65. The molecule has 140 valence electrons. The van der Waals surface area contributed by atoms with E-state index in [9.17, 15) is 13.2 Å². The molecule has 1 heterocycles. The largest absolute Gasteiger partial charge is 0.355 e. The second-order valence-electron chi connectivity index (χ2n) is 6.02. The second kappa shape index (κ2) is 9.16. The van der Waals surface area contributed by atoms with Crippen molar-refractivity contribution in [2.75, 3.05) is 26.4 Å². The smallest absolute Gasteiger partial charge is 0.244 e. The first-order chi connectivity index (χ1) is 12.3. The van der Waals surface area contributed by atoms with Crippen LogP contribution in [-0.2, 0) is 14.8 Å². The van der Waals surface area contributed by atoms with Gasteiger partial charge in [-0.25, -0.2) is 17.7 Å². The molecule has 1 atom stereocenters. The van der Waals surface area contributed by atoms with E-state index >= 15 is 0 Å². The van der Waals surface area contributed by atoms with Crippen LogP contribution < -0.4 is 5.32 Å². The van der Waals surface area contributed by atoms with E-state index in [4.69, 9.17) is 0 Å². The van der Waals surface area contributed by atoms with Crippen molar-refractivity contribution in [3.8, 4) is 0 Å². The number of carbonyl (C=O) groups excluding carboxylic acids is 1. The van der Waals surface area contributed by atoms with Crippen LogP contribution in [0.25, 0.3) is 0 Å². The first-order valence-corrected chi connectivity index (χ1v) is 10.6. The molecule has 1 amide bonds. The normalized spacial score (nSPS) is 12.8. The standard InChI is InChI=1S/C18H23N3O3S2/c1-14(15-7-5-4-6-8-15)11-19-17(22)13-25-18-10-9-16(12-20-18)26(23,24)21(2)3/h4-10,12,14H,11,13H2,1-3H3,(H,19,22)/t14-/m0/s1.